The van der Waals surface area contributed by atoms with E-state index in [0.29, 0.717) is 19.5 Å². The first-order chi connectivity index (χ1) is 11.2. The van der Waals surface area contributed by atoms with E-state index in [1.54, 1.807) is 4.90 Å². The van der Waals surface area contributed by atoms with E-state index in [-0.39, 0.29) is 11.8 Å². The largest absolute Gasteiger partial charge is 0.444 e. The molecule has 2 rings (SSSR count). The molecule has 5 nitrogen and oxygen atoms in total. The van der Waals surface area contributed by atoms with Crippen LogP contribution in [0.2, 0.25) is 0 Å². The summed E-state index contributed by atoms with van der Waals surface area (Å²) in [6, 6.07) is 9.81. The van der Waals surface area contributed by atoms with E-state index < -0.39 is 17.2 Å². The fraction of sp³-hybridized carbons (Fsp3) is 0.579. The fourth-order valence-electron chi connectivity index (χ4n) is 3.19. The highest BCUT2D eigenvalue weighted by Gasteiger charge is 2.51. The number of amides is 2. The third kappa shape index (κ3) is 3.71. The minimum absolute atomic E-state index is 0.0504. The number of benzene rings is 1. The molecular formula is C19H28N2O3. The Bertz CT molecular complexity index is 592. The van der Waals surface area contributed by atoms with Gasteiger partial charge in [-0.1, -0.05) is 44.2 Å². The molecule has 1 aromatic carbocycles. The van der Waals surface area contributed by atoms with Gasteiger partial charge in [0.1, 0.15) is 11.1 Å². The second-order valence-electron chi connectivity index (χ2n) is 7.63. The summed E-state index contributed by atoms with van der Waals surface area (Å²) in [7, 11) is 0. The van der Waals surface area contributed by atoms with Crippen LogP contribution >= 0.6 is 0 Å². The van der Waals surface area contributed by atoms with Crippen LogP contribution in [0.5, 0.6) is 0 Å². The number of ether oxygens (including phenoxy) is 1. The smallest absolute Gasteiger partial charge is 0.411 e. The van der Waals surface area contributed by atoms with Gasteiger partial charge in [0.05, 0.1) is 0 Å². The van der Waals surface area contributed by atoms with Crippen LogP contribution in [0.3, 0.4) is 0 Å². The van der Waals surface area contributed by atoms with Gasteiger partial charge in [0.15, 0.2) is 0 Å². The highest BCUT2D eigenvalue weighted by molar-refractivity contribution is 5.91. The standard InChI is InChI=1S/C19H28N2O3/c1-14(2)19(13-15-9-7-6-8-10-15)16(22)20-11-12-21(19)17(23)24-18(3,4)5/h6-10,14H,11-13H2,1-5H3,(H,20,22). The number of carbonyl (C=O) groups is 2. The van der Waals surface area contributed by atoms with Crippen LogP contribution in [-0.2, 0) is 16.0 Å². The van der Waals surface area contributed by atoms with Crippen molar-refractivity contribution < 1.29 is 14.3 Å². The van der Waals surface area contributed by atoms with Crippen LogP contribution in [0.25, 0.3) is 0 Å². The topological polar surface area (TPSA) is 58.6 Å². The SMILES string of the molecule is CC(C)C1(Cc2ccccc2)C(=O)NCCN1C(=O)OC(C)(C)C. The minimum atomic E-state index is -0.943. The van der Waals surface area contributed by atoms with Gasteiger partial charge in [-0.15, -0.1) is 0 Å². The maximum atomic E-state index is 12.9. The van der Waals surface area contributed by atoms with E-state index in [1.165, 1.54) is 0 Å². The molecule has 24 heavy (non-hydrogen) atoms. The first-order valence-corrected chi connectivity index (χ1v) is 8.49. The van der Waals surface area contributed by atoms with E-state index in [2.05, 4.69) is 5.32 Å². The molecule has 1 heterocycles. The van der Waals surface area contributed by atoms with Gasteiger partial charge >= 0.3 is 6.09 Å². The van der Waals surface area contributed by atoms with Gasteiger partial charge in [0, 0.05) is 19.5 Å². The lowest BCUT2D eigenvalue weighted by atomic mass is 9.77. The first-order valence-electron chi connectivity index (χ1n) is 8.49. The Morgan fingerprint density at radius 2 is 1.92 bits per heavy atom. The van der Waals surface area contributed by atoms with Crippen LogP contribution in [0.15, 0.2) is 30.3 Å². The van der Waals surface area contributed by atoms with Gasteiger partial charge in [-0.2, -0.15) is 0 Å². The molecule has 0 radical (unpaired) electrons. The lowest BCUT2D eigenvalue weighted by Gasteiger charge is -2.48. The van der Waals surface area contributed by atoms with Crippen molar-refractivity contribution in [3.8, 4) is 0 Å². The summed E-state index contributed by atoms with van der Waals surface area (Å²) in [4.78, 5) is 27.3. The Balaban J connectivity index is 2.41. The number of hydrogen-bond acceptors (Lipinski definition) is 3. The van der Waals surface area contributed by atoms with Crippen molar-refractivity contribution in [3.63, 3.8) is 0 Å². The maximum Gasteiger partial charge on any atom is 0.411 e. The summed E-state index contributed by atoms with van der Waals surface area (Å²) in [5.74, 6) is -0.163. The molecule has 132 valence electrons. The van der Waals surface area contributed by atoms with Crippen LogP contribution in [0.1, 0.15) is 40.2 Å². The van der Waals surface area contributed by atoms with E-state index >= 15 is 0 Å². The molecule has 1 saturated heterocycles. The van der Waals surface area contributed by atoms with Crippen LogP contribution < -0.4 is 5.32 Å². The van der Waals surface area contributed by atoms with Crippen molar-refractivity contribution in [3.05, 3.63) is 35.9 Å². The zero-order valence-electron chi connectivity index (χ0n) is 15.3. The predicted molar refractivity (Wildman–Crippen MR) is 93.7 cm³/mol. The molecule has 1 aliphatic heterocycles. The Hall–Kier alpha value is -2.04. The number of hydrogen-bond donors (Lipinski definition) is 1. The van der Waals surface area contributed by atoms with Crippen molar-refractivity contribution in [1.82, 2.24) is 10.2 Å². The molecule has 0 aliphatic carbocycles. The van der Waals surface area contributed by atoms with Crippen molar-refractivity contribution in [2.75, 3.05) is 13.1 Å². The van der Waals surface area contributed by atoms with Gasteiger partial charge in [-0.25, -0.2) is 4.79 Å². The van der Waals surface area contributed by atoms with Crippen molar-refractivity contribution in [1.29, 1.82) is 0 Å². The molecule has 0 aromatic heterocycles. The van der Waals surface area contributed by atoms with E-state index in [0.717, 1.165) is 5.56 Å². The summed E-state index contributed by atoms with van der Waals surface area (Å²) in [5, 5.41) is 2.93. The Labute approximate surface area is 144 Å². The predicted octanol–water partition coefficient (Wildman–Crippen LogP) is 2.99. The maximum absolute atomic E-state index is 12.9. The second kappa shape index (κ2) is 6.83. The number of nitrogens with one attached hydrogen (secondary N) is 1. The molecule has 0 bridgehead atoms. The van der Waals surface area contributed by atoms with Crippen LogP contribution in [-0.4, -0.2) is 41.1 Å². The van der Waals surface area contributed by atoms with Crippen molar-refractivity contribution >= 4 is 12.0 Å². The number of carbonyl (C=O) groups excluding carboxylic acids is 2. The zero-order valence-corrected chi connectivity index (χ0v) is 15.3. The fourth-order valence-corrected chi connectivity index (χ4v) is 3.19. The minimum Gasteiger partial charge on any atom is -0.444 e. The lowest BCUT2D eigenvalue weighted by Crippen LogP contribution is -2.70. The van der Waals surface area contributed by atoms with Crippen LogP contribution in [0, 0.1) is 5.92 Å². The van der Waals surface area contributed by atoms with E-state index in [9.17, 15) is 9.59 Å². The van der Waals surface area contributed by atoms with Gasteiger partial charge in [-0.3, -0.25) is 9.69 Å². The third-order valence-corrected chi connectivity index (χ3v) is 4.38. The van der Waals surface area contributed by atoms with Crippen molar-refractivity contribution in [2.45, 2.75) is 52.2 Å². The Morgan fingerprint density at radius 3 is 2.46 bits per heavy atom. The molecule has 1 aromatic rings. The van der Waals surface area contributed by atoms with Gasteiger partial charge in [-0.05, 0) is 32.3 Å². The quantitative estimate of drug-likeness (QED) is 0.926. The zero-order chi connectivity index (χ0) is 18.0. The molecule has 1 atom stereocenters. The van der Waals surface area contributed by atoms with E-state index in [4.69, 9.17) is 4.74 Å². The molecular weight excluding hydrogens is 304 g/mol. The highest BCUT2D eigenvalue weighted by atomic mass is 16.6. The summed E-state index contributed by atoms with van der Waals surface area (Å²) in [5.41, 5.74) is -0.514. The Morgan fingerprint density at radius 1 is 1.29 bits per heavy atom. The lowest BCUT2D eigenvalue weighted by molar-refractivity contribution is -0.140. The summed E-state index contributed by atoms with van der Waals surface area (Å²) < 4.78 is 5.58. The normalized spacial score (nSPS) is 21.6. The molecule has 1 fully saturated rings. The van der Waals surface area contributed by atoms with Gasteiger partial charge in [0.25, 0.3) is 0 Å². The molecule has 0 saturated carbocycles. The van der Waals surface area contributed by atoms with Crippen molar-refractivity contribution in [2.24, 2.45) is 5.92 Å². The summed E-state index contributed by atoms with van der Waals surface area (Å²) in [6.07, 6.45) is 0.0401. The summed E-state index contributed by atoms with van der Waals surface area (Å²) in [6.45, 7) is 10.4. The average molecular weight is 332 g/mol. The van der Waals surface area contributed by atoms with Crippen LogP contribution in [0.4, 0.5) is 4.79 Å². The average Bonchev–Trinajstić information content (AvgIpc) is 2.48. The van der Waals surface area contributed by atoms with E-state index in [1.807, 2.05) is 65.0 Å². The van der Waals surface area contributed by atoms with Gasteiger partial charge in [0.2, 0.25) is 5.91 Å². The molecule has 1 N–H and O–H groups in total. The number of piperazine rings is 1. The number of rotatable bonds is 3. The number of nitrogens with zero attached hydrogens (tertiary/aromatic N) is 1. The summed E-state index contributed by atoms with van der Waals surface area (Å²) >= 11 is 0. The third-order valence-electron chi connectivity index (χ3n) is 4.38. The molecule has 1 aliphatic rings. The molecule has 1 unspecified atom stereocenters. The molecule has 5 heteroatoms. The monoisotopic (exact) mass is 332 g/mol. The first kappa shape index (κ1) is 18.3. The molecule has 2 amide bonds. The second-order valence-corrected chi connectivity index (χ2v) is 7.63. The van der Waals surface area contributed by atoms with Gasteiger partial charge < -0.3 is 10.1 Å². The highest BCUT2D eigenvalue weighted by Crippen LogP contribution is 2.33. The molecule has 0 spiro atoms. The Kier molecular flexibility index (Phi) is 5.21.